The molecule has 0 atom stereocenters. The fourth-order valence-corrected chi connectivity index (χ4v) is 3.15. The molecule has 0 aliphatic heterocycles. The summed E-state index contributed by atoms with van der Waals surface area (Å²) in [4.78, 5) is 13.8. The van der Waals surface area contributed by atoms with Crippen LogP contribution in [-0.4, -0.2) is 5.11 Å². The minimum atomic E-state index is -0.387. The first kappa shape index (κ1) is 17.6. The molecule has 4 aromatic rings. The lowest BCUT2D eigenvalue weighted by atomic mass is 10.1. The van der Waals surface area contributed by atoms with Crippen LogP contribution >= 0.6 is 0 Å². The maximum Gasteiger partial charge on any atom is 0.220 e. The van der Waals surface area contributed by atoms with E-state index < -0.39 is 0 Å². The van der Waals surface area contributed by atoms with Crippen LogP contribution in [-0.2, 0) is 0 Å². The van der Waals surface area contributed by atoms with Crippen LogP contribution in [0.3, 0.4) is 0 Å². The Balaban J connectivity index is 1.75. The molecule has 136 valence electrons. The van der Waals surface area contributed by atoms with E-state index in [9.17, 15) is 9.90 Å². The van der Waals surface area contributed by atoms with Crippen molar-refractivity contribution < 1.29 is 5.11 Å². The number of anilines is 3. The van der Waals surface area contributed by atoms with Crippen molar-refractivity contribution in [2.45, 2.75) is 0 Å². The summed E-state index contributed by atoms with van der Waals surface area (Å²) in [5.74, 6) is -0.248. The summed E-state index contributed by atoms with van der Waals surface area (Å²) in [5, 5.41) is 9.60. The quantitative estimate of drug-likeness (QED) is 0.490. The van der Waals surface area contributed by atoms with Crippen molar-refractivity contribution in [3.8, 4) is 16.9 Å². The van der Waals surface area contributed by atoms with Gasteiger partial charge in [-0.3, -0.25) is 4.79 Å². The van der Waals surface area contributed by atoms with Crippen molar-refractivity contribution in [1.29, 1.82) is 0 Å². The fraction of sp³-hybridized carbons (Fsp3) is 0. The normalized spacial score (nSPS) is 10.4. The molecule has 0 spiro atoms. The third kappa shape index (κ3) is 3.64. The lowest BCUT2D eigenvalue weighted by Gasteiger charge is -2.25. The first-order valence-electron chi connectivity index (χ1n) is 9.06. The maximum atomic E-state index is 11.6. The molecule has 0 heterocycles. The minimum Gasteiger partial charge on any atom is -0.504 e. The molecule has 4 aromatic carbocycles. The van der Waals surface area contributed by atoms with Crippen LogP contribution < -0.4 is 10.3 Å². The van der Waals surface area contributed by atoms with E-state index >= 15 is 0 Å². The Kier molecular flexibility index (Phi) is 4.89. The topological polar surface area (TPSA) is 40.5 Å². The van der Waals surface area contributed by atoms with Gasteiger partial charge in [-0.2, -0.15) is 0 Å². The highest BCUT2D eigenvalue weighted by Crippen LogP contribution is 2.35. The van der Waals surface area contributed by atoms with Gasteiger partial charge in [-0.1, -0.05) is 60.7 Å². The average molecular weight is 365 g/mol. The number of hydrogen-bond donors (Lipinski definition) is 1. The standard InChI is InChI=1S/C25H19NO2/c27-24-17-13-20(14-18-25(24)28)19-11-15-23(16-12-19)26(21-7-3-1-4-8-21)22-9-5-2-6-10-22/h1-18H,(H,27,28). The number of para-hydroxylation sites is 2. The molecule has 0 aromatic heterocycles. The van der Waals surface area contributed by atoms with E-state index in [1.165, 1.54) is 12.1 Å². The molecule has 0 fully saturated rings. The fourth-order valence-electron chi connectivity index (χ4n) is 3.15. The summed E-state index contributed by atoms with van der Waals surface area (Å²) in [7, 11) is 0. The molecule has 4 rings (SSSR count). The molecule has 3 nitrogen and oxygen atoms in total. The van der Waals surface area contributed by atoms with Gasteiger partial charge in [0.1, 0.15) is 0 Å². The second-order valence-electron chi connectivity index (χ2n) is 6.42. The second kappa shape index (κ2) is 7.80. The molecule has 0 saturated carbocycles. The molecular weight excluding hydrogens is 346 g/mol. The molecular formula is C25H19NO2. The molecule has 0 radical (unpaired) electrons. The van der Waals surface area contributed by atoms with E-state index in [0.29, 0.717) is 0 Å². The van der Waals surface area contributed by atoms with Gasteiger partial charge in [-0.15, -0.1) is 0 Å². The van der Waals surface area contributed by atoms with Crippen LogP contribution in [0.1, 0.15) is 0 Å². The predicted molar refractivity (Wildman–Crippen MR) is 114 cm³/mol. The Hall–Kier alpha value is -3.85. The molecule has 0 aliphatic carbocycles. The summed E-state index contributed by atoms with van der Waals surface area (Å²) < 4.78 is 0. The number of nitrogens with zero attached hydrogens (tertiary/aromatic N) is 1. The first-order valence-corrected chi connectivity index (χ1v) is 9.06. The van der Waals surface area contributed by atoms with Gasteiger partial charge in [-0.05, 0) is 59.7 Å². The first-order chi connectivity index (χ1) is 13.7. The Morgan fingerprint density at radius 1 is 0.500 bits per heavy atom. The Bertz CT molecular complexity index is 1080. The number of rotatable bonds is 4. The van der Waals surface area contributed by atoms with Crippen molar-refractivity contribution in [1.82, 2.24) is 0 Å². The van der Waals surface area contributed by atoms with E-state index in [4.69, 9.17) is 0 Å². The van der Waals surface area contributed by atoms with Crippen molar-refractivity contribution in [3.05, 3.63) is 119 Å². The van der Waals surface area contributed by atoms with Gasteiger partial charge in [0.05, 0.1) is 0 Å². The van der Waals surface area contributed by atoms with E-state index in [-0.39, 0.29) is 11.2 Å². The van der Waals surface area contributed by atoms with Gasteiger partial charge in [0.2, 0.25) is 5.43 Å². The molecule has 28 heavy (non-hydrogen) atoms. The Morgan fingerprint density at radius 2 is 0.929 bits per heavy atom. The molecule has 0 unspecified atom stereocenters. The molecule has 3 heteroatoms. The lowest BCUT2D eigenvalue weighted by molar-refractivity contribution is 0.471. The molecule has 0 bridgehead atoms. The van der Waals surface area contributed by atoms with Gasteiger partial charge in [-0.25, -0.2) is 0 Å². The van der Waals surface area contributed by atoms with E-state index in [0.717, 1.165) is 28.2 Å². The summed E-state index contributed by atoms with van der Waals surface area (Å²) in [5.41, 5.74) is 4.65. The van der Waals surface area contributed by atoms with Crippen LogP contribution in [0, 0.1) is 0 Å². The lowest BCUT2D eigenvalue weighted by Crippen LogP contribution is -2.09. The second-order valence-corrected chi connectivity index (χ2v) is 6.42. The van der Waals surface area contributed by atoms with Crippen LogP contribution in [0.5, 0.6) is 5.75 Å². The number of hydrogen-bond acceptors (Lipinski definition) is 3. The van der Waals surface area contributed by atoms with Crippen LogP contribution in [0.15, 0.2) is 114 Å². The van der Waals surface area contributed by atoms with E-state index in [1.807, 2.05) is 48.5 Å². The zero-order valence-corrected chi connectivity index (χ0v) is 15.2. The van der Waals surface area contributed by atoms with E-state index in [1.54, 1.807) is 12.1 Å². The van der Waals surface area contributed by atoms with Crippen LogP contribution in [0.2, 0.25) is 0 Å². The third-order valence-corrected chi connectivity index (χ3v) is 4.58. The molecule has 0 amide bonds. The van der Waals surface area contributed by atoms with Crippen molar-refractivity contribution in [2.75, 3.05) is 4.90 Å². The summed E-state index contributed by atoms with van der Waals surface area (Å²) in [6, 6.07) is 34.9. The maximum absolute atomic E-state index is 11.6. The zero-order chi connectivity index (χ0) is 19.3. The Labute approximate surface area is 163 Å². The van der Waals surface area contributed by atoms with Crippen molar-refractivity contribution >= 4 is 17.1 Å². The third-order valence-electron chi connectivity index (χ3n) is 4.58. The summed E-state index contributed by atoms with van der Waals surface area (Å²) >= 11 is 0. The largest absolute Gasteiger partial charge is 0.504 e. The minimum absolute atomic E-state index is 0.248. The highest BCUT2D eigenvalue weighted by atomic mass is 16.3. The highest BCUT2D eigenvalue weighted by Gasteiger charge is 2.11. The van der Waals surface area contributed by atoms with Crippen LogP contribution in [0.4, 0.5) is 17.1 Å². The molecule has 0 aliphatic rings. The van der Waals surface area contributed by atoms with Gasteiger partial charge >= 0.3 is 0 Å². The van der Waals surface area contributed by atoms with E-state index in [2.05, 4.69) is 41.3 Å². The van der Waals surface area contributed by atoms with Crippen LogP contribution in [0.25, 0.3) is 11.1 Å². The van der Waals surface area contributed by atoms with Crippen molar-refractivity contribution in [3.63, 3.8) is 0 Å². The molecule has 1 N–H and O–H groups in total. The molecule has 0 saturated heterocycles. The van der Waals surface area contributed by atoms with Gasteiger partial charge in [0, 0.05) is 17.1 Å². The number of aromatic hydroxyl groups is 1. The number of benzene rings is 3. The van der Waals surface area contributed by atoms with Gasteiger partial charge in [0.25, 0.3) is 0 Å². The smallest absolute Gasteiger partial charge is 0.220 e. The Morgan fingerprint density at radius 3 is 1.46 bits per heavy atom. The highest BCUT2D eigenvalue weighted by molar-refractivity contribution is 5.78. The summed E-state index contributed by atoms with van der Waals surface area (Å²) in [6.07, 6.45) is 0. The predicted octanol–water partition coefficient (Wildman–Crippen LogP) is 5.89. The average Bonchev–Trinajstić information content (AvgIpc) is 2.92. The summed E-state index contributed by atoms with van der Waals surface area (Å²) in [6.45, 7) is 0. The van der Waals surface area contributed by atoms with Crippen molar-refractivity contribution in [2.24, 2.45) is 0 Å². The SMILES string of the molecule is O=c1ccc(-c2ccc(N(c3ccccc3)c3ccccc3)cc2)ccc1O. The van der Waals surface area contributed by atoms with Gasteiger partial charge in [0.15, 0.2) is 5.75 Å². The zero-order valence-electron chi connectivity index (χ0n) is 15.2. The van der Waals surface area contributed by atoms with Gasteiger partial charge < -0.3 is 10.0 Å². The monoisotopic (exact) mass is 365 g/mol.